The quantitative estimate of drug-likeness (QED) is 0.261. The predicted octanol–water partition coefficient (Wildman–Crippen LogP) is 6.13. The van der Waals surface area contributed by atoms with Crippen LogP contribution in [0.5, 0.6) is 0 Å². The number of anilines is 1. The van der Waals surface area contributed by atoms with Crippen molar-refractivity contribution in [3.8, 4) is 6.07 Å². The zero-order chi connectivity index (χ0) is 21.9. The number of nitrogens with zero attached hydrogens (tertiary/aromatic N) is 1. The second-order valence-electron chi connectivity index (χ2n) is 7.45. The Morgan fingerprint density at radius 2 is 1.16 bits per heavy atom. The average molecular weight is 508 g/mol. The Hall–Kier alpha value is -2.63. The van der Waals surface area contributed by atoms with Gasteiger partial charge in [0.15, 0.2) is 0 Å². The monoisotopic (exact) mass is 506 g/mol. The molecular formula is C26H21BrClN2P. The van der Waals surface area contributed by atoms with E-state index in [9.17, 15) is 5.26 Å². The molecule has 0 aliphatic heterocycles. The van der Waals surface area contributed by atoms with Crippen molar-refractivity contribution in [3.05, 3.63) is 119 Å². The third-order valence-electron chi connectivity index (χ3n) is 5.74. The van der Waals surface area contributed by atoms with Gasteiger partial charge in [-0.05, 0) is 0 Å². The van der Waals surface area contributed by atoms with Crippen LogP contribution in [0.3, 0.4) is 0 Å². The van der Waals surface area contributed by atoms with Gasteiger partial charge in [0, 0.05) is 0 Å². The van der Waals surface area contributed by atoms with Gasteiger partial charge in [0.2, 0.25) is 0 Å². The van der Waals surface area contributed by atoms with Gasteiger partial charge >= 0.3 is 197 Å². The zero-order valence-electron chi connectivity index (χ0n) is 16.7. The van der Waals surface area contributed by atoms with Crippen molar-refractivity contribution in [2.75, 3.05) is 5.73 Å². The molecule has 4 aromatic carbocycles. The molecule has 4 rings (SSSR count). The zero-order valence-corrected chi connectivity index (χ0v) is 20.0. The van der Waals surface area contributed by atoms with E-state index in [4.69, 9.17) is 17.3 Å². The summed E-state index contributed by atoms with van der Waals surface area (Å²) in [5, 5.41) is 10.3. The van der Waals surface area contributed by atoms with Crippen molar-refractivity contribution < 1.29 is 0 Å². The predicted molar refractivity (Wildman–Crippen MR) is 138 cm³/mol. The fourth-order valence-electron chi connectivity index (χ4n) is 4.12. The van der Waals surface area contributed by atoms with Crippen molar-refractivity contribution in [1.29, 1.82) is 5.26 Å². The molecule has 0 saturated heterocycles. The van der Waals surface area contributed by atoms with E-state index < -0.39 is 5.31 Å². The summed E-state index contributed by atoms with van der Waals surface area (Å²) in [6.45, 7) is 0. The fourth-order valence-corrected chi connectivity index (χ4v) is 12.1. The van der Waals surface area contributed by atoms with Crippen molar-refractivity contribution in [1.82, 2.24) is 0 Å². The molecule has 5 heteroatoms. The van der Waals surface area contributed by atoms with Gasteiger partial charge in [-0.15, -0.1) is 0 Å². The first-order chi connectivity index (χ1) is 15.0. The SMILES string of the molecule is N#Cc1ccc(N)c(CP(Br)(c2ccccc2)(c2ccccc2)c2ccccc2)c1Cl. The molecule has 0 bridgehead atoms. The van der Waals surface area contributed by atoms with Crippen LogP contribution in [0.15, 0.2) is 103 Å². The molecule has 0 aliphatic carbocycles. The molecule has 0 atom stereocenters. The Morgan fingerprint density at radius 3 is 1.55 bits per heavy atom. The van der Waals surface area contributed by atoms with Crippen LogP contribution in [0.2, 0.25) is 5.02 Å². The molecule has 0 unspecified atom stereocenters. The van der Waals surface area contributed by atoms with Crippen molar-refractivity contribution in [3.63, 3.8) is 0 Å². The third kappa shape index (κ3) is 3.56. The van der Waals surface area contributed by atoms with Crippen LogP contribution in [0.25, 0.3) is 0 Å². The van der Waals surface area contributed by atoms with E-state index in [2.05, 4.69) is 94.4 Å². The summed E-state index contributed by atoms with van der Waals surface area (Å²) in [4.78, 5) is 0. The molecule has 0 aromatic heterocycles. The maximum absolute atomic E-state index is 9.57. The van der Waals surface area contributed by atoms with Crippen LogP contribution in [-0.2, 0) is 6.16 Å². The van der Waals surface area contributed by atoms with Gasteiger partial charge in [-0.3, -0.25) is 0 Å². The fraction of sp³-hybridized carbons (Fsp3) is 0.0385. The Balaban J connectivity index is 2.14. The Morgan fingerprint density at radius 1 is 0.742 bits per heavy atom. The average Bonchev–Trinajstić information content (AvgIpc) is 2.83. The van der Waals surface area contributed by atoms with Crippen LogP contribution in [0, 0.1) is 11.3 Å². The van der Waals surface area contributed by atoms with E-state index in [-0.39, 0.29) is 0 Å². The van der Waals surface area contributed by atoms with Crippen molar-refractivity contribution >= 4 is 54.0 Å². The first kappa shape index (κ1) is 21.6. The number of hydrogen-bond acceptors (Lipinski definition) is 2. The van der Waals surface area contributed by atoms with Crippen LogP contribution < -0.4 is 21.6 Å². The van der Waals surface area contributed by atoms with Gasteiger partial charge in [0.25, 0.3) is 0 Å². The molecule has 31 heavy (non-hydrogen) atoms. The molecule has 0 aliphatic rings. The van der Waals surface area contributed by atoms with E-state index in [0.29, 0.717) is 22.4 Å². The van der Waals surface area contributed by atoms with Gasteiger partial charge in [0.1, 0.15) is 0 Å². The van der Waals surface area contributed by atoms with Crippen molar-refractivity contribution in [2.24, 2.45) is 0 Å². The molecule has 4 aromatic rings. The molecule has 0 amide bonds. The Bertz CT molecular complexity index is 1160. The normalized spacial score (nSPS) is 12.5. The van der Waals surface area contributed by atoms with E-state index in [1.54, 1.807) is 12.1 Å². The van der Waals surface area contributed by atoms with E-state index in [1.165, 1.54) is 15.9 Å². The molecule has 0 heterocycles. The second-order valence-corrected chi connectivity index (χ2v) is 16.8. The number of nitriles is 1. The van der Waals surface area contributed by atoms with Crippen LogP contribution in [0.4, 0.5) is 5.69 Å². The number of nitrogen functional groups attached to an aromatic ring is 1. The number of rotatable bonds is 5. The molecular weight excluding hydrogens is 487 g/mol. The summed E-state index contributed by atoms with van der Waals surface area (Å²) < 4.78 is 0. The summed E-state index contributed by atoms with van der Waals surface area (Å²) in [5.74, 6) is 0. The van der Waals surface area contributed by atoms with Crippen molar-refractivity contribution in [2.45, 2.75) is 6.16 Å². The summed E-state index contributed by atoms with van der Waals surface area (Å²) in [7, 11) is 0. The summed E-state index contributed by atoms with van der Waals surface area (Å²) in [5.41, 5.74) is 8.25. The molecule has 2 nitrogen and oxygen atoms in total. The first-order valence-electron chi connectivity index (χ1n) is 9.85. The Kier molecular flexibility index (Phi) is 5.91. The molecule has 0 saturated carbocycles. The van der Waals surface area contributed by atoms with Crippen LogP contribution in [-0.4, -0.2) is 0 Å². The number of halogens is 2. The van der Waals surface area contributed by atoms with Gasteiger partial charge in [-0.25, -0.2) is 0 Å². The van der Waals surface area contributed by atoms with Crippen LogP contribution in [0.1, 0.15) is 11.1 Å². The minimum atomic E-state index is -3.25. The summed E-state index contributed by atoms with van der Waals surface area (Å²) in [6, 6.07) is 37.0. The maximum atomic E-state index is 9.57. The van der Waals surface area contributed by atoms with Crippen LogP contribution >= 0.6 is 32.4 Å². The number of nitrogens with two attached hydrogens (primary N) is 1. The molecule has 0 spiro atoms. The van der Waals surface area contributed by atoms with E-state index in [1.807, 2.05) is 18.2 Å². The van der Waals surface area contributed by atoms with Gasteiger partial charge in [-0.1, -0.05) is 0 Å². The first-order valence-corrected chi connectivity index (χ1v) is 14.7. The van der Waals surface area contributed by atoms with E-state index >= 15 is 0 Å². The molecule has 0 fully saturated rings. The third-order valence-corrected chi connectivity index (χ3v) is 15.6. The second kappa shape index (κ2) is 8.48. The van der Waals surface area contributed by atoms with E-state index in [0.717, 1.165) is 5.56 Å². The Labute approximate surface area is 196 Å². The molecule has 2 N–H and O–H groups in total. The topological polar surface area (TPSA) is 49.8 Å². The number of hydrogen-bond donors (Lipinski definition) is 1. The minimum absolute atomic E-state index is 0.416. The van der Waals surface area contributed by atoms with Gasteiger partial charge in [0.05, 0.1) is 0 Å². The molecule has 0 radical (unpaired) electrons. The standard InChI is InChI=1S/C26H21BrClN2P/c27-31(21-10-4-1-5-11-21,22-12-6-2-7-13-22,23-14-8-3-9-15-23)19-24-25(30)17-16-20(18-29)26(24)28/h1-17H,19,30H2. The summed E-state index contributed by atoms with van der Waals surface area (Å²) in [6.07, 6.45) is 0.545. The van der Waals surface area contributed by atoms with Gasteiger partial charge in [-0.2, -0.15) is 0 Å². The number of benzene rings is 4. The molecule has 154 valence electrons. The summed E-state index contributed by atoms with van der Waals surface area (Å²) >= 11 is 11.1. The van der Waals surface area contributed by atoms with Gasteiger partial charge < -0.3 is 0 Å².